The summed E-state index contributed by atoms with van der Waals surface area (Å²) in [6.07, 6.45) is 12.8. The fourth-order valence-corrected chi connectivity index (χ4v) is 3.66. The highest BCUT2D eigenvalue weighted by Crippen LogP contribution is 2.26. The molecule has 0 N–H and O–H groups in total. The second-order valence-corrected chi connectivity index (χ2v) is 7.52. The van der Waals surface area contributed by atoms with E-state index in [1.165, 1.54) is 44.9 Å². The van der Waals surface area contributed by atoms with Crippen LogP contribution in [-0.2, 0) is 9.47 Å². The minimum Gasteiger partial charge on any atom is -0.462 e. The molecule has 0 amide bonds. The summed E-state index contributed by atoms with van der Waals surface area (Å²) in [5.41, 5.74) is 0.603. The first kappa shape index (κ1) is 21.5. The minimum absolute atomic E-state index is 0.300. The molecule has 1 aliphatic carbocycles. The molecular formula is C23H34O4. The van der Waals surface area contributed by atoms with E-state index in [4.69, 9.17) is 9.47 Å². The second kappa shape index (κ2) is 12.5. The number of carbonyl (C=O) groups excluding carboxylic acids is 2. The van der Waals surface area contributed by atoms with E-state index in [-0.39, 0.29) is 0 Å². The summed E-state index contributed by atoms with van der Waals surface area (Å²) < 4.78 is 10.8. The Bertz CT molecular complexity index is 575. The highest BCUT2D eigenvalue weighted by Gasteiger charge is 2.20. The molecule has 1 fully saturated rings. The van der Waals surface area contributed by atoms with Gasteiger partial charge in [0.25, 0.3) is 0 Å². The molecule has 4 nitrogen and oxygen atoms in total. The molecule has 1 saturated carbocycles. The molecule has 0 radical (unpaired) electrons. The second-order valence-electron chi connectivity index (χ2n) is 7.52. The van der Waals surface area contributed by atoms with Gasteiger partial charge in [0, 0.05) is 0 Å². The lowest BCUT2D eigenvalue weighted by atomic mass is 9.87. The van der Waals surface area contributed by atoms with Crippen molar-refractivity contribution >= 4 is 11.9 Å². The molecule has 0 aromatic heterocycles. The first-order chi connectivity index (χ1) is 13.2. The summed E-state index contributed by atoms with van der Waals surface area (Å²) in [6.45, 7) is 2.99. The van der Waals surface area contributed by atoms with Crippen LogP contribution in [0.25, 0.3) is 0 Å². The molecule has 0 heterocycles. The average molecular weight is 375 g/mol. The van der Waals surface area contributed by atoms with Gasteiger partial charge in [-0.15, -0.1) is 0 Å². The molecule has 0 saturated heterocycles. The Hall–Kier alpha value is -1.84. The van der Waals surface area contributed by atoms with Gasteiger partial charge in [-0.05, 0) is 30.9 Å². The largest absolute Gasteiger partial charge is 0.462 e. The van der Waals surface area contributed by atoms with E-state index in [9.17, 15) is 9.59 Å². The topological polar surface area (TPSA) is 52.6 Å². The van der Waals surface area contributed by atoms with E-state index in [1.807, 2.05) is 0 Å². The summed E-state index contributed by atoms with van der Waals surface area (Å²) in [5, 5.41) is 0. The zero-order chi connectivity index (χ0) is 19.3. The van der Waals surface area contributed by atoms with Gasteiger partial charge in [-0.3, -0.25) is 0 Å². The van der Waals surface area contributed by atoms with Crippen molar-refractivity contribution in [3.8, 4) is 0 Å². The van der Waals surface area contributed by atoms with Crippen LogP contribution in [0.1, 0.15) is 98.3 Å². The SMILES string of the molecule is CCCCCCCOC(=O)c1ccccc1C(=O)OCCC1CCCCC1. The third-order valence-electron chi connectivity index (χ3n) is 5.33. The van der Waals surface area contributed by atoms with Gasteiger partial charge in [0.1, 0.15) is 0 Å². The number of esters is 2. The molecule has 1 aliphatic rings. The standard InChI is InChI=1S/C23H34O4/c1-2-3-4-5-11-17-26-22(24)20-14-9-10-15-21(20)23(25)27-18-16-19-12-7-6-8-13-19/h9-10,14-15,19H,2-8,11-13,16-18H2,1H3. The maximum Gasteiger partial charge on any atom is 0.339 e. The van der Waals surface area contributed by atoms with Crippen LogP contribution in [0, 0.1) is 5.92 Å². The minimum atomic E-state index is -0.440. The molecule has 1 aromatic carbocycles. The van der Waals surface area contributed by atoms with Crippen molar-refractivity contribution in [2.24, 2.45) is 5.92 Å². The first-order valence-electron chi connectivity index (χ1n) is 10.7. The molecule has 1 aromatic rings. The molecule has 0 spiro atoms. The molecule has 0 unspecified atom stereocenters. The zero-order valence-electron chi connectivity index (χ0n) is 16.7. The van der Waals surface area contributed by atoms with Gasteiger partial charge in [0.2, 0.25) is 0 Å². The van der Waals surface area contributed by atoms with E-state index in [0.29, 0.717) is 30.3 Å². The molecular weight excluding hydrogens is 340 g/mol. The van der Waals surface area contributed by atoms with Crippen molar-refractivity contribution in [2.45, 2.75) is 77.6 Å². The van der Waals surface area contributed by atoms with Gasteiger partial charge < -0.3 is 9.47 Å². The molecule has 150 valence electrons. The van der Waals surface area contributed by atoms with Gasteiger partial charge in [-0.1, -0.05) is 76.8 Å². The van der Waals surface area contributed by atoms with E-state index >= 15 is 0 Å². The number of unbranched alkanes of at least 4 members (excludes halogenated alkanes) is 4. The third-order valence-corrected chi connectivity index (χ3v) is 5.33. The van der Waals surface area contributed by atoms with E-state index in [1.54, 1.807) is 24.3 Å². The Labute approximate surface area is 163 Å². The van der Waals surface area contributed by atoms with Gasteiger partial charge in [0.15, 0.2) is 0 Å². The fraction of sp³-hybridized carbons (Fsp3) is 0.652. The highest BCUT2D eigenvalue weighted by atomic mass is 16.5. The van der Waals surface area contributed by atoms with Crippen LogP contribution in [0.15, 0.2) is 24.3 Å². The maximum atomic E-state index is 12.4. The lowest BCUT2D eigenvalue weighted by molar-refractivity contribution is 0.0437. The van der Waals surface area contributed by atoms with Crippen molar-refractivity contribution in [3.63, 3.8) is 0 Å². The summed E-state index contributed by atoms with van der Waals surface area (Å²) in [6, 6.07) is 6.77. The van der Waals surface area contributed by atoms with E-state index in [2.05, 4.69) is 6.92 Å². The van der Waals surface area contributed by atoms with Crippen LogP contribution in [0.3, 0.4) is 0 Å². The van der Waals surface area contributed by atoms with Gasteiger partial charge in [0.05, 0.1) is 24.3 Å². The van der Waals surface area contributed by atoms with Crippen molar-refractivity contribution in [1.82, 2.24) is 0 Å². The molecule has 2 rings (SSSR count). The predicted octanol–water partition coefficient (Wildman–Crippen LogP) is 5.94. The van der Waals surface area contributed by atoms with Gasteiger partial charge in [-0.25, -0.2) is 9.59 Å². The van der Waals surface area contributed by atoms with Crippen LogP contribution < -0.4 is 0 Å². The monoisotopic (exact) mass is 374 g/mol. The lowest BCUT2D eigenvalue weighted by Gasteiger charge is -2.21. The van der Waals surface area contributed by atoms with Crippen molar-refractivity contribution < 1.29 is 19.1 Å². The van der Waals surface area contributed by atoms with Crippen LogP contribution in [0.5, 0.6) is 0 Å². The van der Waals surface area contributed by atoms with Crippen LogP contribution in [0.2, 0.25) is 0 Å². The Morgan fingerprint density at radius 3 is 2.07 bits per heavy atom. The van der Waals surface area contributed by atoms with E-state index in [0.717, 1.165) is 25.7 Å². The maximum absolute atomic E-state index is 12.4. The Morgan fingerprint density at radius 1 is 0.852 bits per heavy atom. The number of rotatable bonds is 11. The van der Waals surface area contributed by atoms with Gasteiger partial charge in [-0.2, -0.15) is 0 Å². The average Bonchev–Trinajstić information content (AvgIpc) is 2.71. The highest BCUT2D eigenvalue weighted by molar-refractivity contribution is 6.03. The first-order valence-corrected chi connectivity index (χ1v) is 10.7. The smallest absolute Gasteiger partial charge is 0.339 e. The number of benzene rings is 1. The van der Waals surface area contributed by atoms with Crippen molar-refractivity contribution in [1.29, 1.82) is 0 Å². The summed E-state index contributed by atoms with van der Waals surface area (Å²) in [4.78, 5) is 24.8. The Kier molecular flexibility index (Phi) is 9.96. The normalized spacial score (nSPS) is 14.7. The fourth-order valence-electron chi connectivity index (χ4n) is 3.66. The number of carbonyl (C=O) groups is 2. The summed E-state index contributed by atoms with van der Waals surface area (Å²) in [7, 11) is 0. The molecule has 0 bridgehead atoms. The molecule has 27 heavy (non-hydrogen) atoms. The lowest BCUT2D eigenvalue weighted by Crippen LogP contribution is -2.16. The zero-order valence-corrected chi connectivity index (χ0v) is 16.7. The number of hydrogen-bond acceptors (Lipinski definition) is 4. The predicted molar refractivity (Wildman–Crippen MR) is 107 cm³/mol. The molecule has 0 atom stereocenters. The number of ether oxygens (including phenoxy) is 2. The van der Waals surface area contributed by atoms with Crippen molar-refractivity contribution in [3.05, 3.63) is 35.4 Å². The van der Waals surface area contributed by atoms with E-state index < -0.39 is 11.9 Å². The molecule has 4 heteroatoms. The Balaban J connectivity index is 1.78. The summed E-state index contributed by atoms with van der Waals surface area (Å²) >= 11 is 0. The Morgan fingerprint density at radius 2 is 1.44 bits per heavy atom. The van der Waals surface area contributed by atoms with Crippen LogP contribution in [0.4, 0.5) is 0 Å². The number of hydrogen-bond donors (Lipinski definition) is 0. The summed E-state index contributed by atoms with van der Waals surface area (Å²) in [5.74, 6) is -0.203. The van der Waals surface area contributed by atoms with Crippen molar-refractivity contribution in [2.75, 3.05) is 13.2 Å². The van der Waals surface area contributed by atoms with Crippen LogP contribution in [-0.4, -0.2) is 25.2 Å². The quantitative estimate of drug-likeness (QED) is 0.355. The third kappa shape index (κ3) is 7.74. The van der Waals surface area contributed by atoms with Gasteiger partial charge >= 0.3 is 11.9 Å². The van der Waals surface area contributed by atoms with Crippen LogP contribution >= 0.6 is 0 Å². The molecule has 0 aliphatic heterocycles.